The van der Waals surface area contributed by atoms with Crippen LogP contribution in [0.1, 0.15) is 54.6 Å². The summed E-state index contributed by atoms with van der Waals surface area (Å²) in [6.07, 6.45) is 8.21. The van der Waals surface area contributed by atoms with Crippen molar-refractivity contribution in [3.05, 3.63) is 40.9 Å². The Morgan fingerprint density at radius 3 is 2.26 bits per heavy atom. The number of carbonyl (C=O) groups excluding carboxylic acids is 1. The second-order valence-electron chi connectivity index (χ2n) is 8.42. The van der Waals surface area contributed by atoms with Gasteiger partial charge in [0.25, 0.3) is 5.91 Å². The van der Waals surface area contributed by atoms with Crippen LogP contribution in [-0.2, 0) is 5.41 Å². The molecule has 0 radical (unpaired) electrons. The van der Waals surface area contributed by atoms with Crippen molar-refractivity contribution in [1.29, 1.82) is 0 Å². The third kappa shape index (κ3) is 3.36. The minimum atomic E-state index is -0.112. The van der Waals surface area contributed by atoms with Gasteiger partial charge in [0.1, 0.15) is 5.75 Å². The van der Waals surface area contributed by atoms with E-state index < -0.39 is 0 Å². The van der Waals surface area contributed by atoms with E-state index in [9.17, 15) is 4.79 Å². The van der Waals surface area contributed by atoms with Crippen LogP contribution in [0.15, 0.2) is 29.6 Å². The molecule has 6 rings (SSSR count). The summed E-state index contributed by atoms with van der Waals surface area (Å²) in [7, 11) is 1.62. The average Bonchev–Trinajstić information content (AvgIpc) is 3.10. The Hall–Kier alpha value is -1.59. The van der Waals surface area contributed by atoms with Crippen molar-refractivity contribution in [3.63, 3.8) is 0 Å². The number of rotatable bonds is 4. The van der Waals surface area contributed by atoms with Gasteiger partial charge in [0, 0.05) is 16.4 Å². The van der Waals surface area contributed by atoms with Gasteiger partial charge in [-0.2, -0.15) is 0 Å². The van der Waals surface area contributed by atoms with Crippen molar-refractivity contribution in [2.45, 2.75) is 43.9 Å². The number of nitrogens with zero attached hydrogens (tertiary/aromatic N) is 1. The first-order chi connectivity index (χ1) is 12.6. The van der Waals surface area contributed by atoms with Gasteiger partial charge >= 0.3 is 0 Å². The van der Waals surface area contributed by atoms with Crippen LogP contribution in [0.5, 0.6) is 5.75 Å². The third-order valence-electron chi connectivity index (χ3n) is 6.66. The Balaban J connectivity index is 0.00000180. The highest BCUT2D eigenvalue weighted by Gasteiger charge is 2.52. The summed E-state index contributed by atoms with van der Waals surface area (Å²) in [5.41, 5.74) is 2.14. The molecule has 4 fully saturated rings. The zero-order valence-corrected chi connectivity index (χ0v) is 17.1. The Labute approximate surface area is 170 Å². The summed E-state index contributed by atoms with van der Waals surface area (Å²) in [5, 5.41) is 5.89. The van der Waals surface area contributed by atoms with Crippen LogP contribution in [0.3, 0.4) is 0 Å². The molecule has 0 unspecified atom stereocenters. The number of anilines is 1. The highest BCUT2D eigenvalue weighted by molar-refractivity contribution is 7.14. The van der Waals surface area contributed by atoms with Crippen LogP contribution in [0.25, 0.3) is 0 Å². The molecule has 4 aliphatic rings. The molecule has 6 heteroatoms. The predicted molar refractivity (Wildman–Crippen MR) is 110 cm³/mol. The molecule has 4 bridgehead atoms. The maximum absolute atomic E-state index is 12.5. The maximum Gasteiger partial charge on any atom is 0.257 e. The van der Waals surface area contributed by atoms with E-state index in [1.54, 1.807) is 42.7 Å². The molecular formula is C21H25ClN2O2S. The topological polar surface area (TPSA) is 51.2 Å². The lowest BCUT2D eigenvalue weighted by atomic mass is 9.49. The Morgan fingerprint density at radius 1 is 1.11 bits per heavy atom. The minimum Gasteiger partial charge on any atom is -0.497 e. The van der Waals surface area contributed by atoms with Gasteiger partial charge in [-0.05, 0) is 80.5 Å². The van der Waals surface area contributed by atoms with E-state index in [1.807, 2.05) is 0 Å². The van der Waals surface area contributed by atoms with E-state index in [0.29, 0.717) is 5.56 Å². The summed E-state index contributed by atoms with van der Waals surface area (Å²) in [6.45, 7) is 0. The Bertz CT molecular complexity index is 798. The van der Waals surface area contributed by atoms with Crippen molar-refractivity contribution in [3.8, 4) is 5.75 Å². The Kier molecular flexibility index (Phi) is 4.93. The first-order valence-corrected chi connectivity index (χ1v) is 10.4. The second-order valence-corrected chi connectivity index (χ2v) is 9.28. The number of carbonyl (C=O) groups is 1. The molecule has 1 aromatic heterocycles. The van der Waals surface area contributed by atoms with Gasteiger partial charge in [-0.3, -0.25) is 10.1 Å². The summed E-state index contributed by atoms with van der Waals surface area (Å²) < 4.78 is 5.15. The van der Waals surface area contributed by atoms with Gasteiger partial charge in [0.05, 0.1) is 12.8 Å². The first-order valence-electron chi connectivity index (χ1n) is 9.55. The van der Waals surface area contributed by atoms with Crippen LogP contribution < -0.4 is 10.1 Å². The first kappa shape index (κ1) is 18.8. The zero-order valence-electron chi connectivity index (χ0n) is 15.4. The fraction of sp³-hybridized carbons (Fsp3) is 0.524. The molecular weight excluding hydrogens is 380 g/mol. The van der Waals surface area contributed by atoms with E-state index in [0.717, 1.165) is 28.6 Å². The summed E-state index contributed by atoms with van der Waals surface area (Å²) >= 11 is 1.56. The molecule has 1 amide bonds. The minimum absolute atomic E-state index is 0. The fourth-order valence-electron chi connectivity index (χ4n) is 5.91. The number of thiazole rings is 1. The molecule has 2 aromatic rings. The molecule has 1 aromatic carbocycles. The highest BCUT2D eigenvalue weighted by atomic mass is 35.5. The number of aromatic nitrogens is 1. The van der Waals surface area contributed by atoms with Crippen molar-refractivity contribution < 1.29 is 9.53 Å². The number of methoxy groups -OCH3 is 1. The number of amides is 1. The van der Waals surface area contributed by atoms with E-state index in [4.69, 9.17) is 9.72 Å². The SMILES string of the molecule is COc1ccc(C(=O)Nc2nc(C34CC5CC(CC(C5)C3)C4)cs2)cc1.Cl. The second kappa shape index (κ2) is 7.10. The summed E-state index contributed by atoms with van der Waals surface area (Å²) in [6, 6.07) is 7.17. The van der Waals surface area contributed by atoms with Gasteiger partial charge in [0.15, 0.2) is 5.13 Å². The normalized spacial score (nSPS) is 30.6. The quantitative estimate of drug-likeness (QED) is 0.752. The predicted octanol–water partition coefficient (Wildman–Crippen LogP) is 5.29. The van der Waals surface area contributed by atoms with Crippen LogP contribution in [-0.4, -0.2) is 18.0 Å². The van der Waals surface area contributed by atoms with Crippen LogP contribution in [0.2, 0.25) is 0 Å². The number of nitrogens with one attached hydrogen (secondary N) is 1. The van der Waals surface area contributed by atoms with Crippen molar-refractivity contribution >= 4 is 34.8 Å². The number of halogens is 1. The smallest absolute Gasteiger partial charge is 0.257 e. The molecule has 27 heavy (non-hydrogen) atoms. The van der Waals surface area contributed by atoms with Crippen molar-refractivity contribution in [2.24, 2.45) is 17.8 Å². The average molecular weight is 405 g/mol. The third-order valence-corrected chi connectivity index (χ3v) is 7.42. The van der Waals surface area contributed by atoms with Crippen LogP contribution >= 0.6 is 23.7 Å². The molecule has 144 valence electrons. The molecule has 0 atom stereocenters. The van der Waals surface area contributed by atoms with Gasteiger partial charge in [0.2, 0.25) is 0 Å². The lowest BCUT2D eigenvalue weighted by molar-refractivity contribution is -0.00688. The molecule has 4 nitrogen and oxygen atoms in total. The van der Waals surface area contributed by atoms with E-state index >= 15 is 0 Å². The molecule has 0 spiro atoms. The molecule has 4 saturated carbocycles. The maximum atomic E-state index is 12.5. The van der Waals surface area contributed by atoms with Gasteiger partial charge < -0.3 is 4.74 Å². The monoisotopic (exact) mass is 404 g/mol. The Morgan fingerprint density at radius 2 is 1.70 bits per heavy atom. The number of benzene rings is 1. The largest absolute Gasteiger partial charge is 0.497 e. The van der Waals surface area contributed by atoms with Crippen molar-refractivity contribution in [1.82, 2.24) is 4.98 Å². The molecule has 4 aliphatic carbocycles. The fourth-order valence-corrected chi connectivity index (χ4v) is 6.74. The zero-order chi connectivity index (χ0) is 17.7. The van der Waals surface area contributed by atoms with Crippen LogP contribution in [0, 0.1) is 17.8 Å². The number of ether oxygens (including phenoxy) is 1. The molecule has 0 aliphatic heterocycles. The lowest BCUT2D eigenvalue weighted by Crippen LogP contribution is -2.48. The lowest BCUT2D eigenvalue weighted by Gasteiger charge is -2.56. The van der Waals surface area contributed by atoms with Crippen molar-refractivity contribution in [2.75, 3.05) is 12.4 Å². The number of hydrogen-bond acceptors (Lipinski definition) is 4. The highest BCUT2D eigenvalue weighted by Crippen LogP contribution is 2.60. The van der Waals surface area contributed by atoms with Crippen LogP contribution in [0.4, 0.5) is 5.13 Å². The van der Waals surface area contributed by atoms with E-state index in [-0.39, 0.29) is 23.7 Å². The van der Waals surface area contributed by atoms with E-state index in [1.165, 1.54) is 44.2 Å². The summed E-state index contributed by atoms with van der Waals surface area (Å²) in [5.74, 6) is 3.35. The standard InChI is InChI=1S/C21H24N2O2S.ClH/c1-25-17-4-2-16(3-5-17)19(24)23-20-22-18(12-26-20)21-9-13-6-14(10-21)8-15(7-13)11-21;/h2-5,12-15H,6-11H2,1H3,(H,22,23,24);1H. The van der Waals surface area contributed by atoms with E-state index in [2.05, 4.69) is 10.7 Å². The molecule has 0 saturated heterocycles. The van der Waals surface area contributed by atoms with Gasteiger partial charge in [-0.25, -0.2) is 4.98 Å². The van der Waals surface area contributed by atoms with Gasteiger partial charge in [-0.1, -0.05) is 0 Å². The molecule has 1 N–H and O–H groups in total. The number of hydrogen-bond donors (Lipinski definition) is 1. The van der Waals surface area contributed by atoms with Gasteiger partial charge in [-0.15, -0.1) is 23.7 Å². The summed E-state index contributed by atoms with van der Waals surface area (Å²) in [4.78, 5) is 17.3. The molecule has 1 heterocycles.